The Morgan fingerprint density at radius 1 is 1.05 bits per heavy atom. The van der Waals surface area contributed by atoms with Crippen molar-refractivity contribution >= 4 is 0 Å². The molecule has 1 atom stereocenters. The summed E-state index contributed by atoms with van der Waals surface area (Å²) in [4.78, 5) is 0. The molecule has 0 spiro atoms. The molecule has 0 N–H and O–H groups in total. The van der Waals surface area contributed by atoms with Gasteiger partial charge in [0.25, 0.3) is 0 Å². The minimum absolute atomic E-state index is 0.0472. The Bertz CT molecular complexity index is 593. The summed E-state index contributed by atoms with van der Waals surface area (Å²) < 4.78 is 5.79. The fraction of sp³-hybridized carbons (Fsp3) is 0.316. The normalized spacial score (nSPS) is 11.7. The Hall–Kier alpha value is -2.27. The predicted molar refractivity (Wildman–Crippen MR) is 85.4 cm³/mol. The van der Waals surface area contributed by atoms with E-state index in [2.05, 4.69) is 26.0 Å². The van der Waals surface area contributed by atoms with Gasteiger partial charge in [0.15, 0.2) is 0 Å². The molecule has 0 radical (unpaired) electrons. The SMILES string of the molecule is Cc1cc(C)cc(OCCCC(C#N)c2ccccc2)c1. The number of aryl methyl sites for hydroxylation is 2. The van der Waals surface area contributed by atoms with E-state index in [1.807, 2.05) is 42.5 Å². The van der Waals surface area contributed by atoms with E-state index in [4.69, 9.17) is 4.74 Å². The molecular weight excluding hydrogens is 258 g/mol. The van der Waals surface area contributed by atoms with E-state index in [-0.39, 0.29) is 5.92 Å². The van der Waals surface area contributed by atoms with Gasteiger partial charge in [-0.1, -0.05) is 36.4 Å². The highest BCUT2D eigenvalue weighted by molar-refractivity contribution is 5.33. The lowest BCUT2D eigenvalue weighted by Gasteiger charge is -2.11. The first-order valence-electron chi connectivity index (χ1n) is 7.34. The van der Waals surface area contributed by atoms with Gasteiger partial charge < -0.3 is 4.74 Å². The maximum atomic E-state index is 9.28. The summed E-state index contributed by atoms with van der Waals surface area (Å²) in [7, 11) is 0. The van der Waals surface area contributed by atoms with Gasteiger partial charge in [0.2, 0.25) is 0 Å². The van der Waals surface area contributed by atoms with Crippen LogP contribution in [0.5, 0.6) is 5.75 Å². The number of hydrogen-bond acceptors (Lipinski definition) is 2. The molecule has 2 aromatic rings. The van der Waals surface area contributed by atoms with Crippen LogP contribution in [0.3, 0.4) is 0 Å². The minimum atomic E-state index is -0.0472. The van der Waals surface area contributed by atoms with Gasteiger partial charge in [-0.15, -0.1) is 0 Å². The number of nitriles is 1. The van der Waals surface area contributed by atoms with Crippen LogP contribution >= 0.6 is 0 Å². The topological polar surface area (TPSA) is 33.0 Å². The lowest BCUT2D eigenvalue weighted by atomic mass is 9.96. The number of benzene rings is 2. The van der Waals surface area contributed by atoms with Gasteiger partial charge in [-0.25, -0.2) is 0 Å². The molecule has 0 saturated heterocycles. The molecule has 1 unspecified atom stereocenters. The highest BCUT2D eigenvalue weighted by Crippen LogP contribution is 2.21. The number of ether oxygens (including phenoxy) is 1. The quantitative estimate of drug-likeness (QED) is 0.713. The molecule has 21 heavy (non-hydrogen) atoms. The summed E-state index contributed by atoms with van der Waals surface area (Å²) in [6.45, 7) is 4.79. The molecule has 108 valence electrons. The molecule has 0 fully saturated rings. The minimum Gasteiger partial charge on any atom is -0.494 e. The van der Waals surface area contributed by atoms with Crippen LogP contribution in [0.15, 0.2) is 48.5 Å². The molecule has 2 aromatic carbocycles. The highest BCUT2D eigenvalue weighted by atomic mass is 16.5. The van der Waals surface area contributed by atoms with Crippen LogP contribution in [0.2, 0.25) is 0 Å². The summed E-state index contributed by atoms with van der Waals surface area (Å²) >= 11 is 0. The molecule has 0 aliphatic carbocycles. The third-order valence-corrected chi connectivity index (χ3v) is 3.46. The van der Waals surface area contributed by atoms with Crippen molar-refractivity contribution in [3.05, 3.63) is 65.2 Å². The molecule has 0 aliphatic heterocycles. The van der Waals surface area contributed by atoms with Crippen molar-refractivity contribution in [3.63, 3.8) is 0 Å². The Labute approximate surface area is 127 Å². The van der Waals surface area contributed by atoms with Crippen molar-refractivity contribution in [3.8, 4) is 11.8 Å². The van der Waals surface area contributed by atoms with Gasteiger partial charge in [-0.05, 0) is 55.5 Å². The second kappa shape index (κ2) is 7.50. The second-order valence-electron chi connectivity index (χ2n) is 5.41. The van der Waals surface area contributed by atoms with Gasteiger partial charge in [0.05, 0.1) is 18.6 Å². The van der Waals surface area contributed by atoms with Gasteiger partial charge in [0.1, 0.15) is 5.75 Å². The van der Waals surface area contributed by atoms with Crippen molar-refractivity contribution < 1.29 is 4.74 Å². The molecule has 0 aromatic heterocycles. The van der Waals surface area contributed by atoms with Gasteiger partial charge >= 0.3 is 0 Å². The van der Waals surface area contributed by atoms with Crippen LogP contribution in [0, 0.1) is 25.2 Å². The number of rotatable bonds is 6. The highest BCUT2D eigenvalue weighted by Gasteiger charge is 2.09. The third-order valence-electron chi connectivity index (χ3n) is 3.46. The van der Waals surface area contributed by atoms with Crippen LogP contribution in [0.4, 0.5) is 0 Å². The molecule has 0 bridgehead atoms. The lowest BCUT2D eigenvalue weighted by Crippen LogP contribution is -2.02. The summed E-state index contributed by atoms with van der Waals surface area (Å²) in [5.74, 6) is 0.870. The molecule has 2 heteroatoms. The zero-order valence-corrected chi connectivity index (χ0v) is 12.7. The van der Waals surface area contributed by atoms with Crippen LogP contribution in [0.1, 0.15) is 35.4 Å². The molecule has 0 heterocycles. The number of hydrogen-bond donors (Lipinski definition) is 0. The largest absolute Gasteiger partial charge is 0.494 e. The van der Waals surface area contributed by atoms with Crippen LogP contribution in [0.25, 0.3) is 0 Å². The maximum absolute atomic E-state index is 9.28. The predicted octanol–water partition coefficient (Wildman–Crippen LogP) is 4.77. The van der Waals surface area contributed by atoms with E-state index in [1.54, 1.807) is 0 Å². The third kappa shape index (κ3) is 4.65. The van der Waals surface area contributed by atoms with Gasteiger partial charge in [-0.3, -0.25) is 0 Å². The lowest BCUT2D eigenvalue weighted by molar-refractivity contribution is 0.304. The Kier molecular flexibility index (Phi) is 5.40. The molecular formula is C19H21NO. The summed E-state index contributed by atoms with van der Waals surface area (Å²) in [5, 5.41) is 9.28. The van der Waals surface area contributed by atoms with Crippen molar-refractivity contribution in [1.29, 1.82) is 5.26 Å². The van der Waals surface area contributed by atoms with E-state index in [0.717, 1.165) is 24.2 Å². The standard InChI is InChI=1S/C19H21NO/c1-15-11-16(2)13-19(12-15)21-10-6-9-18(14-20)17-7-4-3-5-8-17/h3-5,7-8,11-13,18H,6,9-10H2,1-2H3. The van der Waals surface area contributed by atoms with Crippen molar-refractivity contribution in [1.82, 2.24) is 0 Å². The van der Waals surface area contributed by atoms with E-state index >= 15 is 0 Å². The Morgan fingerprint density at radius 3 is 2.33 bits per heavy atom. The summed E-state index contributed by atoms with van der Waals surface area (Å²) in [6.07, 6.45) is 1.70. The first-order chi connectivity index (χ1) is 10.2. The first-order valence-corrected chi connectivity index (χ1v) is 7.34. The zero-order chi connectivity index (χ0) is 15.1. The summed E-state index contributed by atoms with van der Waals surface area (Å²) in [5.41, 5.74) is 3.51. The Morgan fingerprint density at radius 2 is 1.71 bits per heavy atom. The fourth-order valence-corrected chi connectivity index (χ4v) is 2.48. The van der Waals surface area contributed by atoms with Gasteiger partial charge in [0, 0.05) is 0 Å². The number of nitrogens with zero attached hydrogens (tertiary/aromatic N) is 1. The molecule has 0 saturated carbocycles. The van der Waals surface area contributed by atoms with E-state index in [0.29, 0.717) is 6.61 Å². The van der Waals surface area contributed by atoms with Crippen molar-refractivity contribution in [2.24, 2.45) is 0 Å². The van der Waals surface area contributed by atoms with Crippen LogP contribution < -0.4 is 4.74 Å². The average Bonchev–Trinajstić information content (AvgIpc) is 2.47. The summed E-state index contributed by atoms with van der Waals surface area (Å²) in [6, 6.07) is 18.6. The second-order valence-corrected chi connectivity index (χ2v) is 5.41. The Balaban J connectivity index is 1.82. The van der Waals surface area contributed by atoms with Crippen LogP contribution in [-0.4, -0.2) is 6.61 Å². The molecule has 2 rings (SSSR count). The van der Waals surface area contributed by atoms with E-state index in [1.165, 1.54) is 11.1 Å². The first kappa shape index (κ1) is 15.1. The van der Waals surface area contributed by atoms with Crippen molar-refractivity contribution in [2.45, 2.75) is 32.6 Å². The van der Waals surface area contributed by atoms with E-state index < -0.39 is 0 Å². The fourth-order valence-electron chi connectivity index (χ4n) is 2.48. The van der Waals surface area contributed by atoms with E-state index in [9.17, 15) is 5.26 Å². The molecule has 2 nitrogen and oxygen atoms in total. The van der Waals surface area contributed by atoms with Crippen molar-refractivity contribution in [2.75, 3.05) is 6.61 Å². The van der Waals surface area contributed by atoms with Gasteiger partial charge in [-0.2, -0.15) is 5.26 Å². The maximum Gasteiger partial charge on any atom is 0.119 e. The average molecular weight is 279 g/mol. The zero-order valence-electron chi connectivity index (χ0n) is 12.7. The molecule has 0 aliphatic rings. The molecule has 0 amide bonds. The van der Waals surface area contributed by atoms with Crippen LogP contribution in [-0.2, 0) is 0 Å². The monoisotopic (exact) mass is 279 g/mol. The smallest absolute Gasteiger partial charge is 0.119 e.